The fourth-order valence-corrected chi connectivity index (χ4v) is 3.77. The summed E-state index contributed by atoms with van der Waals surface area (Å²) in [5.41, 5.74) is 1.44. The van der Waals surface area contributed by atoms with Gasteiger partial charge in [-0.05, 0) is 25.5 Å². The van der Waals surface area contributed by atoms with Crippen LogP contribution in [0.5, 0.6) is 0 Å². The molecule has 2 aromatic rings. The summed E-state index contributed by atoms with van der Waals surface area (Å²) in [6.07, 6.45) is 6.33. The number of nitrogens with zero attached hydrogens (tertiary/aromatic N) is 4. The lowest BCUT2D eigenvalue weighted by Gasteiger charge is -2.30. The summed E-state index contributed by atoms with van der Waals surface area (Å²) in [6.45, 7) is 5.81. The Morgan fingerprint density at radius 1 is 1.45 bits per heavy atom. The maximum atomic E-state index is 4.54. The van der Waals surface area contributed by atoms with Gasteiger partial charge in [0.2, 0.25) is 0 Å². The van der Waals surface area contributed by atoms with Crippen LogP contribution >= 0.6 is 0 Å². The zero-order chi connectivity index (χ0) is 13.7. The van der Waals surface area contributed by atoms with E-state index < -0.39 is 0 Å². The van der Waals surface area contributed by atoms with Crippen molar-refractivity contribution in [3.63, 3.8) is 0 Å². The number of aromatic nitrogens is 3. The van der Waals surface area contributed by atoms with Crippen LogP contribution in [0.25, 0.3) is 11.0 Å². The highest BCUT2D eigenvalue weighted by Gasteiger charge is 2.56. The average Bonchev–Trinajstić information content (AvgIpc) is 2.92. The van der Waals surface area contributed by atoms with E-state index in [1.165, 1.54) is 19.4 Å². The van der Waals surface area contributed by atoms with Crippen LogP contribution in [-0.2, 0) is 0 Å². The Morgan fingerprint density at radius 3 is 3.05 bits per heavy atom. The minimum absolute atomic E-state index is 0.512. The molecule has 3 heterocycles. The van der Waals surface area contributed by atoms with Crippen molar-refractivity contribution in [2.75, 3.05) is 31.6 Å². The third-order valence-electron chi connectivity index (χ3n) is 5.15. The van der Waals surface area contributed by atoms with Gasteiger partial charge in [0.15, 0.2) is 0 Å². The van der Waals surface area contributed by atoms with Gasteiger partial charge in [-0.3, -0.25) is 0 Å². The summed E-state index contributed by atoms with van der Waals surface area (Å²) in [7, 11) is 2.19. The van der Waals surface area contributed by atoms with E-state index in [9.17, 15) is 0 Å². The molecule has 1 aliphatic heterocycles. The summed E-state index contributed by atoms with van der Waals surface area (Å²) in [4.78, 5) is 17.0. The lowest BCUT2D eigenvalue weighted by atomic mass is 9.99. The number of H-pyrrole nitrogens is 1. The first-order valence-corrected chi connectivity index (χ1v) is 7.47. The van der Waals surface area contributed by atoms with E-state index in [0.29, 0.717) is 11.5 Å². The number of anilines is 1. The second-order valence-electron chi connectivity index (χ2n) is 6.25. The summed E-state index contributed by atoms with van der Waals surface area (Å²) < 4.78 is 0. The highest BCUT2D eigenvalue weighted by Crippen LogP contribution is 2.54. The third-order valence-corrected chi connectivity index (χ3v) is 5.15. The largest absolute Gasteiger partial charge is 0.354 e. The second kappa shape index (κ2) is 4.19. The monoisotopic (exact) mass is 271 g/mol. The topological polar surface area (TPSA) is 48.1 Å². The first-order chi connectivity index (χ1) is 9.73. The van der Waals surface area contributed by atoms with E-state index in [2.05, 4.69) is 44.8 Å². The van der Waals surface area contributed by atoms with Gasteiger partial charge in [0, 0.05) is 37.8 Å². The molecular weight excluding hydrogens is 250 g/mol. The minimum Gasteiger partial charge on any atom is -0.354 e. The molecule has 2 fully saturated rings. The fraction of sp³-hybridized carbons (Fsp3) is 0.600. The number of rotatable bonds is 3. The minimum atomic E-state index is 0.512. The van der Waals surface area contributed by atoms with Crippen LogP contribution in [0.4, 0.5) is 5.82 Å². The van der Waals surface area contributed by atoms with E-state index in [-0.39, 0.29) is 0 Å². The Hall–Kier alpha value is -1.62. The number of aromatic amines is 1. The highest BCUT2D eigenvalue weighted by atomic mass is 15.3. The molecule has 106 valence electrons. The van der Waals surface area contributed by atoms with Crippen LogP contribution < -0.4 is 4.90 Å². The van der Waals surface area contributed by atoms with Crippen molar-refractivity contribution >= 4 is 16.9 Å². The lowest BCUT2D eigenvalue weighted by molar-refractivity contribution is 0.337. The Morgan fingerprint density at radius 2 is 2.30 bits per heavy atom. The molecule has 2 aromatic heterocycles. The molecule has 1 saturated heterocycles. The zero-order valence-electron chi connectivity index (χ0n) is 12.1. The van der Waals surface area contributed by atoms with Crippen molar-refractivity contribution in [1.82, 2.24) is 19.9 Å². The molecule has 20 heavy (non-hydrogen) atoms. The molecule has 1 spiro atoms. The standard InChI is InChI=1S/C15H21N5/c1-3-20-8-12(15(9-20)5-6-15)19(2)14-11-4-7-16-13(11)17-10-18-14/h4,7,10,12H,3,5-6,8-9H2,1-2H3,(H,16,17,18). The predicted molar refractivity (Wildman–Crippen MR) is 79.9 cm³/mol. The van der Waals surface area contributed by atoms with Crippen LogP contribution in [0.2, 0.25) is 0 Å². The Kier molecular flexibility index (Phi) is 2.54. The Balaban J connectivity index is 1.70. The number of likely N-dealkylation sites (tertiary alicyclic amines) is 1. The smallest absolute Gasteiger partial charge is 0.142 e. The van der Waals surface area contributed by atoms with Crippen molar-refractivity contribution in [3.05, 3.63) is 18.6 Å². The molecule has 0 bridgehead atoms. The molecule has 0 radical (unpaired) electrons. The molecule has 1 atom stereocenters. The molecule has 1 unspecified atom stereocenters. The van der Waals surface area contributed by atoms with Gasteiger partial charge < -0.3 is 14.8 Å². The van der Waals surface area contributed by atoms with Crippen molar-refractivity contribution < 1.29 is 0 Å². The molecule has 1 N–H and O–H groups in total. The number of hydrogen-bond acceptors (Lipinski definition) is 4. The molecule has 1 saturated carbocycles. The summed E-state index contributed by atoms with van der Waals surface area (Å²) in [6, 6.07) is 2.66. The van der Waals surface area contributed by atoms with Gasteiger partial charge in [0.05, 0.1) is 5.39 Å². The number of nitrogens with one attached hydrogen (secondary N) is 1. The third kappa shape index (κ3) is 1.66. The van der Waals surface area contributed by atoms with E-state index in [1.54, 1.807) is 6.33 Å². The van der Waals surface area contributed by atoms with Crippen molar-refractivity contribution in [2.24, 2.45) is 5.41 Å². The fourth-order valence-electron chi connectivity index (χ4n) is 3.77. The van der Waals surface area contributed by atoms with E-state index in [4.69, 9.17) is 0 Å². The molecule has 2 aliphatic rings. The van der Waals surface area contributed by atoms with Gasteiger partial charge in [-0.1, -0.05) is 6.92 Å². The second-order valence-corrected chi connectivity index (χ2v) is 6.25. The number of hydrogen-bond donors (Lipinski definition) is 1. The number of likely N-dealkylation sites (N-methyl/N-ethyl adjacent to an activating group) is 2. The SMILES string of the molecule is CCN1CC(N(C)c2ncnc3[nH]ccc23)C2(CC2)C1. The molecular formula is C15H21N5. The summed E-state index contributed by atoms with van der Waals surface area (Å²) in [5.74, 6) is 1.06. The van der Waals surface area contributed by atoms with E-state index in [1.807, 2.05) is 6.20 Å². The molecule has 5 nitrogen and oxygen atoms in total. The zero-order valence-corrected chi connectivity index (χ0v) is 12.1. The van der Waals surface area contributed by atoms with Gasteiger partial charge >= 0.3 is 0 Å². The average molecular weight is 271 g/mol. The van der Waals surface area contributed by atoms with Gasteiger partial charge in [-0.15, -0.1) is 0 Å². The van der Waals surface area contributed by atoms with E-state index in [0.717, 1.165) is 29.9 Å². The summed E-state index contributed by atoms with van der Waals surface area (Å²) in [5, 5.41) is 1.13. The Bertz CT molecular complexity index is 630. The molecule has 4 rings (SSSR count). The molecule has 1 aliphatic carbocycles. The normalized spacial score (nSPS) is 24.6. The molecule has 0 amide bonds. The Labute approximate surface area is 119 Å². The van der Waals surface area contributed by atoms with Crippen LogP contribution in [0.1, 0.15) is 19.8 Å². The first-order valence-electron chi connectivity index (χ1n) is 7.47. The predicted octanol–water partition coefficient (Wildman–Crippen LogP) is 1.88. The van der Waals surface area contributed by atoms with Crippen molar-refractivity contribution in [2.45, 2.75) is 25.8 Å². The lowest BCUT2D eigenvalue weighted by Crippen LogP contribution is -2.39. The van der Waals surface area contributed by atoms with Crippen molar-refractivity contribution in [1.29, 1.82) is 0 Å². The maximum Gasteiger partial charge on any atom is 0.142 e. The van der Waals surface area contributed by atoms with Gasteiger partial charge in [0.1, 0.15) is 17.8 Å². The van der Waals surface area contributed by atoms with Crippen LogP contribution in [-0.4, -0.2) is 52.6 Å². The van der Waals surface area contributed by atoms with Crippen LogP contribution in [0.15, 0.2) is 18.6 Å². The van der Waals surface area contributed by atoms with Gasteiger partial charge in [-0.2, -0.15) is 0 Å². The summed E-state index contributed by atoms with van der Waals surface area (Å²) >= 11 is 0. The van der Waals surface area contributed by atoms with E-state index >= 15 is 0 Å². The van der Waals surface area contributed by atoms with Crippen LogP contribution in [0.3, 0.4) is 0 Å². The highest BCUT2D eigenvalue weighted by molar-refractivity contribution is 5.87. The molecule has 0 aromatic carbocycles. The van der Waals surface area contributed by atoms with Crippen molar-refractivity contribution in [3.8, 4) is 0 Å². The van der Waals surface area contributed by atoms with Gasteiger partial charge in [-0.25, -0.2) is 9.97 Å². The number of fused-ring (bicyclic) bond motifs is 1. The molecule has 5 heteroatoms. The maximum absolute atomic E-state index is 4.54. The van der Waals surface area contributed by atoms with Crippen LogP contribution in [0, 0.1) is 5.41 Å². The quantitative estimate of drug-likeness (QED) is 0.926. The van der Waals surface area contributed by atoms with Gasteiger partial charge in [0.25, 0.3) is 0 Å². The first kappa shape index (κ1) is 12.1.